The standard InChI is InChI=1S/C27H32F5N3O3/c1-16(27(30,31)32)15-35-11-10-26(17-4-7-22(37-2)23(12-17)38-3)9-8-19(14-24(26)35)34-25(36)33-18-5-6-20(28)21(29)13-18/h4-7,12-13,16,19,24H,8-11,14-15H2,1-3H3,(H2,33,34,36)/t16?,19-,24+,26+/m1/s1. The fourth-order valence-electron chi connectivity index (χ4n) is 5.86. The van der Waals surface area contributed by atoms with Gasteiger partial charge in [-0.05, 0) is 62.1 Å². The number of ether oxygens (including phenoxy) is 2. The molecule has 0 radical (unpaired) electrons. The minimum Gasteiger partial charge on any atom is -0.493 e. The lowest BCUT2D eigenvalue weighted by molar-refractivity contribution is -0.175. The van der Waals surface area contributed by atoms with Gasteiger partial charge in [0.05, 0.1) is 20.1 Å². The Hall–Kier alpha value is -3.08. The molecule has 2 aliphatic rings. The molecule has 2 N–H and O–H groups in total. The van der Waals surface area contributed by atoms with Gasteiger partial charge in [0.15, 0.2) is 23.1 Å². The van der Waals surface area contributed by atoms with Crippen LogP contribution in [-0.4, -0.2) is 56.5 Å². The van der Waals surface area contributed by atoms with Crippen LogP contribution in [0.1, 0.15) is 38.2 Å². The second-order valence-electron chi connectivity index (χ2n) is 10.1. The van der Waals surface area contributed by atoms with Gasteiger partial charge in [-0.3, -0.25) is 4.90 Å². The van der Waals surface area contributed by atoms with Crippen LogP contribution >= 0.6 is 0 Å². The van der Waals surface area contributed by atoms with Gasteiger partial charge in [0.1, 0.15) is 0 Å². The zero-order valence-corrected chi connectivity index (χ0v) is 21.5. The Bertz CT molecular complexity index is 1160. The molecule has 2 aromatic rings. The number of urea groups is 1. The number of rotatable bonds is 7. The van der Waals surface area contributed by atoms with Crippen molar-refractivity contribution in [2.75, 3.05) is 32.6 Å². The molecule has 1 aliphatic carbocycles. The lowest BCUT2D eigenvalue weighted by Gasteiger charge is -2.46. The predicted molar refractivity (Wildman–Crippen MR) is 133 cm³/mol. The first kappa shape index (κ1) is 27.9. The Morgan fingerprint density at radius 2 is 1.82 bits per heavy atom. The average Bonchev–Trinajstić information content (AvgIpc) is 3.23. The van der Waals surface area contributed by atoms with Crippen molar-refractivity contribution in [2.45, 2.75) is 56.3 Å². The number of amides is 2. The van der Waals surface area contributed by atoms with Gasteiger partial charge in [0, 0.05) is 35.8 Å². The molecule has 11 heteroatoms. The molecule has 2 amide bonds. The van der Waals surface area contributed by atoms with Crippen molar-refractivity contribution in [3.05, 3.63) is 53.6 Å². The van der Waals surface area contributed by atoms with E-state index in [2.05, 4.69) is 10.6 Å². The number of methoxy groups -OCH3 is 2. The summed E-state index contributed by atoms with van der Waals surface area (Å²) in [5, 5.41) is 5.37. The number of benzene rings is 2. The van der Waals surface area contributed by atoms with Gasteiger partial charge in [-0.2, -0.15) is 13.2 Å². The lowest BCUT2D eigenvalue weighted by Crippen LogP contribution is -2.54. The number of anilines is 1. The Labute approximate surface area is 218 Å². The van der Waals surface area contributed by atoms with Crippen LogP contribution < -0.4 is 20.1 Å². The summed E-state index contributed by atoms with van der Waals surface area (Å²) in [5.74, 6) is -2.50. The van der Waals surface area contributed by atoms with E-state index >= 15 is 0 Å². The van der Waals surface area contributed by atoms with Crippen molar-refractivity contribution in [3.8, 4) is 11.5 Å². The number of nitrogens with one attached hydrogen (secondary N) is 2. The molecule has 1 heterocycles. The van der Waals surface area contributed by atoms with Crippen molar-refractivity contribution < 1.29 is 36.2 Å². The van der Waals surface area contributed by atoms with E-state index in [1.807, 2.05) is 17.0 Å². The summed E-state index contributed by atoms with van der Waals surface area (Å²) in [6.45, 7) is 1.54. The summed E-state index contributed by atoms with van der Waals surface area (Å²) in [7, 11) is 3.08. The SMILES string of the molecule is COc1ccc([C@@]23CC[C@@H](NC(=O)Nc4ccc(F)c(F)c4)C[C@@H]2N(CC(C)C(F)(F)F)CC3)cc1OC. The molecular formula is C27H32F5N3O3. The summed E-state index contributed by atoms with van der Waals surface area (Å²) in [6.07, 6.45) is -1.97. The number of fused-ring (bicyclic) bond motifs is 1. The van der Waals surface area contributed by atoms with Crippen LogP contribution in [0.4, 0.5) is 32.4 Å². The van der Waals surface area contributed by atoms with Gasteiger partial charge in [0.25, 0.3) is 0 Å². The predicted octanol–water partition coefficient (Wildman–Crippen LogP) is 5.87. The van der Waals surface area contributed by atoms with Crippen molar-refractivity contribution in [3.63, 3.8) is 0 Å². The topological polar surface area (TPSA) is 62.8 Å². The highest BCUT2D eigenvalue weighted by Crippen LogP contribution is 2.51. The monoisotopic (exact) mass is 541 g/mol. The first-order valence-electron chi connectivity index (χ1n) is 12.5. The Morgan fingerprint density at radius 1 is 1.08 bits per heavy atom. The van der Waals surface area contributed by atoms with E-state index in [0.29, 0.717) is 43.7 Å². The lowest BCUT2D eigenvalue weighted by atomic mass is 9.65. The van der Waals surface area contributed by atoms with Crippen LogP contribution in [0, 0.1) is 17.6 Å². The van der Waals surface area contributed by atoms with Crippen LogP contribution in [0.3, 0.4) is 0 Å². The zero-order chi connectivity index (χ0) is 27.7. The third-order valence-electron chi connectivity index (χ3n) is 7.91. The van der Waals surface area contributed by atoms with E-state index < -0.39 is 35.2 Å². The molecule has 0 aromatic heterocycles. The maximum absolute atomic E-state index is 13.5. The van der Waals surface area contributed by atoms with Crippen LogP contribution in [-0.2, 0) is 5.41 Å². The fraction of sp³-hybridized carbons (Fsp3) is 0.519. The number of hydrogen-bond acceptors (Lipinski definition) is 4. The molecule has 4 rings (SSSR count). The summed E-state index contributed by atoms with van der Waals surface area (Å²) >= 11 is 0. The molecule has 1 unspecified atom stereocenters. The number of hydrogen-bond donors (Lipinski definition) is 2. The number of nitrogens with zero attached hydrogens (tertiary/aromatic N) is 1. The normalized spacial score (nSPS) is 24.4. The Kier molecular flexibility index (Phi) is 8.06. The summed E-state index contributed by atoms with van der Waals surface area (Å²) in [4.78, 5) is 14.5. The first-order chi connectivity index (χ1) is 18.0. The quantitative estimate of drug-likeness (QED) is 0.431. The zero-order valence-electron chi connectivity index (χ0n) is 21.5. The molecule has 4 atom stereocenters. The fourth-order valence-corrected chi connectivity index (χ4v) is 5.86. The number of halogens is 5. The average molecular weight is 542 g/mol. The Balaban J connectivity index is 1.56. The second kappa shape index (κ2) is 11.0. The number of likely N-dealkylation sites (tertiary alicyclic amines) is 1. The van der Waals surface area contributed by atoms with Crippen molar-refractivity contribution in [1.29, 1.82) is 0 Å². The van der Waals surface area contributed by atoms with E-state index in [9.17, 15) is 26.7 Å². The van der Waals surface area contributed by atoms with Crippen molar-refractivity contribution in [1.82, 2.24) is 10.2 Å². The van der Waals surface area contributed by atoms with E-state index in [1.165, 1.54) is 27.2 Å². The van der Waals surface area contributed by atoms with Gasteiger partial charge >= 0.3 is 12.2 Å². The maximum atomic E-state index is 13.5. The van der Waals surface area contributed by atoms with Gasteiger partial charge in [-0.25, -0.2) is 13.6 Å². The summed E-state index contributed by atoms with van der Waals surface area (Å²) < 4.78 is 78.0. The molecule has 1 aliphatic heterocycles. The smallest absolute Gasteiger partial charge is 0.392 e. The number of carbonyl (C=O) groups is 1. The van der Waals surface area contributed by atoms with Crippen LogP contribution in [0.15, 0.2) is 36.4 Å². The van der Waals surface area contributed by atoms with Gasteiger partial charge in [0.2, 0.25) is 0 Å². The molecule has 6 nitrogen and oxygen atoms in total. The van der Waals surface area contributed by atoms with Gasteiger partial charge in [-0.15, -0.1) is 0 Å². The first-order valence-corrected chi connectivity index (χ1v) is 12.5. The Morgan fingerprint density at radius 3 is 2.47 bits per heavy atom. The number of carbonyl (C=O) groups excluding carboxylic acids is 1. The molecule has 1 saturated carbocycles. The minimum atomic E-state index is -4.31. The second-order valence-corrected chi connectivity index (χ2v) is 10.1. The summed E-state index contributed by atoms with van der Waals surface area (Å²) in [6, 6.07) is 7.52. The van der Waals surface area contributed by atoms with Gasteiger partial charge in [-0.1, -0.05) is 13.0 Å². The number of alkyl halides is 3. The highest BCUT2D eigenvalue weighted by atomic mass is 19.4. The molecular weight excluding hydrogens is 509 g/mol. The van der Waals surface area contributed by atoms with Crippen molar-refractivity contribution >= 4 is 11.7 Å². The van der Waals surface area contributed by atoms with E-state index in [-0.39, 0.29) is 24.3 Å². The molecule has 208 valence electrons. The molecule has 0 spiro atoms. The third-order valence-corrected chi connectivity index (χ3v) is 7.91. The van der Waals surface area contributed by atoms with Crippen LogP contribution in [0.5, 0.6) is 11.5 Å². The molecule has 0 bridgehead atoms. The van der Waals surface area contributed by atoms with Crippen LogP contribution in [0.2, 0.25) is 0 Å². The van der Waals surface area contributed by atoms with E-state index in [0.717, 1.165) is 17.7 Å². The molecule has 2 aromatic carbocycles. The van der Waals surface area contributed by atoms with E-state index in [1.54, 1.807) is 6.07 Å². The van der Waals surface area contributed by atoms with Gasteiger partial charge < -0.3 is 20.1 Å². The molecule has 38 heavy (non-hydrogen) atoms. The minimum absolute atomic E-state index is 0.0957. The third kappa shape index (κ3) is 5.67. The van der Waals surface area contributed by atoms with E-state index in [4.69, 9.17) is 9.47 Å². The maximum Gasteiger partial charge on any atom is 0.392 e. The van der Waals surface area contributed by atoms with Crippen molar-refractivity contribution in [2.24, 2.45) is 5.92 Å². The highest BCUT2D eigenvalue weighted by Gasteiger charge is 2.53. The largest absolute Gasteiger partial charge is 0.493 e. The molecule has 1 saturated heterocycles. The molecule has 2 fully saturated rings. The summed E-state index contributed by atoms with van der Waals surface area (Å²) in [5.41, 5.74) is 0.643. The van der Waals surface area contributed by atoms with Crippen LogP contribution in [0.25, 0.3) is 0 Å². The highest BCUT2D eigenvalue weighted by molar-refractivity contribution is 5.89.